The minimum atomic E-state index is -0.0235. The molecule has 2 aliphatic heterocycles. The zero-order chi connectivity index (χ0) is 16.2. The van der Waals surface area contributed by atoms with Crippen molar-refractivity contribution < 1.29 is 9.90 Å². The van der Waals surface area contributed by atoms with Gasteiger partial charge in [-0.3, -0.25) is 4.79 Å². The van der Waals surface area contributed by atoms with Crippen molar-refractivity contribution in [1.82, 2.24) is 19.8 Å². The zero-order valence-electron chi connectivity index (χ0n) is 13.8. The van der Waals surface area contributed by atoms with Crippen LogP contribution in [0.4, 0.5) is 0 Å². The first kappa shape index (κ1) is 16.3. The number of carbonyl (C=O) groups is 1. The fourth-order valence-corrected chi connectivity index (χ4v) is 3.68. The number of aromatic nitrogens is 2. The Balaban J connectivity index is 1.63. The molecule has 1 N–H and O–H groups in total. The van der Waals surface area contributed by atoms with E-state index >= 15 is 0 Å². The highest BCUT2D eigenvalue weighted by molar-refractivity contribution is 5.93. The lowest BCUT2D eigenvalue weighted by molar-refractivity contribution is 0.0777. The molecule has 3 heterocycles. The van der Waals surface area contributed by atoms with E-state index in [1.54, 1.807) is 19.3 Å². The molecule has 1 aromatic heterocycles. The molecule has 0 radical (unpaired) electrons. The number of amides is 1. The fourth-order valence-electron chi connectivity index (χ4n) is 3.68. The van der Waals surface area contributed by atoms with E-state index in [0.717, 1.165) is 19.6 Å². The normalized spacial score (nSPS) is 25.7. The second-order valence-corrected chi connectivity index (χ2v) is 6.79. The Hall–Kier alpha value is -1.53. The first-order valence-corrected chi connectivity index (χ1v) is 8.58. The number of hydrogen-bond donors (Lipinski definition) is 1. The van der Waals surface area contributed by atoms with Crippen LogP contribution in [0.25, 0.3) is 0 Å². The number of aryl methyl sites for hydroxylation is 1. The maximum Gasteiger partial charge on any atom is 0.257 e. The number of nitrogens with zero attached hydrogens (tertiary/aromatic N) is 4. The molecule has 23 heavy (non-hydrogen) atoms. The quantitative estimate of drug-likeness (QED) is 0.895. The smallest absolute Gasteiger partial charge is 0.257 e. The third kappa shape index (κ3) is 3.87. The predicted molar refractivity (Wildman–Crippen MR) is 87.0 cm³/mol. The summed E-state index contributed by atoms with van der Waals surface area (Å²) < 4.78 is 0. The lowest BCUT2D eigenvalue weighted by Crippen LogP contribution is -2.37. The summed E-state index contributed by atoms with van der Waals surface area (Å²) in [6, 6.07) is 0. The first-order valence-electron chi connectivity index (χ1n) is 8.58. The van der Waals surface area contributed by atoms with E-state index in [1.165, 1.54) is 19.3 Å². The van der Waals surface area contributed by atoms with Gasteiger partial charge in [-0.15, -0.1) is 0 Å². The summed E-state index contributed by atoms with van der Waals surface area (Å²) in [5.74, 6) is 1.17. The van der Waals surface area contributed by atoms with Gasteiger partial charge < -0.3 is 14.9 Å². The summed E-state index contributed by atoms with van der Waals surface area (Å²) in [6.07, 6.45) is 7.04. The van der Waals surface area contributed by atoms with Crippen molar-refractivity contribution in [2.24, 2.45) is 11.8 Å². The van der Waals surface area contributed by atoms with E-state index in [0.29, 0.717) is 30.4 Å². The molecular weight excluding hydrogens is 292 g/mol. The highest BCUT2D eigenvalue weighted by Crippen LogP contribution is 2.26. The third-order valence-electron chi connectivity index (χ3n) is 5.07. The third-order valence-corrected chi connectivity index (χ3v) is 5.07. The Kier molecular flexibility index (Phi) is 5.23. The number of likely N-dealkylation sites (tertiary alicyclic amines) is 2. The molecule has 0 aromatic carbocycles. The van der Waals surface area contributed by atoms with Crippen LogP contribution in [0.3, 0.4) is 0 Å². The molecule has 0 aliphatic carbocycles. The summed E-state index contributed by atoms with van der Waals surface area (Å²) in [6.45, 7) is 6.57. The van der Waals surface area contributed by atoms with Gasteiger partial charge in [0.1, 0.15) is 5.82 Å². The minimum absolute atomic E-state index is 0.0235. The molecule has 3 rings (SSSR count). The van der Waals surface area contributed by atoms with Gasteiger partial charge in [0.05, 0.1) is 5.56 Å². The largest absolute Gasteiger partial charge is 0.396 e. The van der Waals surface area contributed by atoms with Crippen molar-refractivity contribution in [3.05, 3.63) is 23.8 Å². The molecule has 0 spiro atoms. The summed E-state index contributed by atoms with van der Waals surface area (Å²) in [4.78, 5) is 25.2. The van der Waals surface area contributed by atoms with Crippen LogP contribution in [-0.2, 0) is 0 Å². The average molecular weight is 318 g/mol. The summed E-state index contributed by atoms with van der Waals surface area (Å²) in [5.41, 5.74) is 0.533. The van der Waals surface area contributed by atoms with Gasteiger partial charge in [0.15, 0.2) is 0 Å². The van der Waals surface area contributed by atoms with Crippen LogP contribution in [0.15, 0.2) is 12.4 Å². The molecule has 2 atom stereocenters. The van der Waals surface area contributed by atoms with E-state index in [-0.39, 0.29) is 18.4 Å². The highest BCUT2D eigenvalue weighted by Gasteiger charge is 2.36. The monoisotopic (exact) mass is 318 g/mol. The molecule has 0 bridgehead atoms. The number of piperidine rings is 1. The van der Waals surface area contributed by atoms with Crippen molar-refractivity contribution in [3.8, 4) is 0 Å². The number of rotatable bonds is 4. The number of carbonyl (C=O) groups excluding carboxylic acids is 1. The molecule has 6 nitrogen and oxygen atoms in total. The molecule has 2 aliphatic rings. The van der Waals surface area contributed by atoms with Crippen molar-refractivity contribution in [2.45, 2.75) is 26.2 Å². The summed E-state index contributed by atoms with van der Waals surface area (Å²) in [7, 11) is 0. The van der Waals surface area contributed by atoms with Crippen LogP contribution in [0, 0.1) is 18.8 Å². The molecule has 6 heteroatoms. The Labute approximate surface area is 137 Å². The van der Waals surface area contributed by atoms with Gasteiger partial charge in [0.2, 0.25) is 0 Å². The van der Waals surface area contributed by atoms with Crippen LogP contribution in [0.2, 0.25) is 0 Å². The second kappa shape index (κ2) is 7.36. The molecule has 2 fully saturated rings. The van der Waals surface area contributed by atoms with E-state index in [1.807, 2.05) is 4.90 Å². The molecule has 1 aromatic rings. The predicted octanol–water partition coefficient (Wildman–Crippen LogP) is 0.951. The van der Waals surface area contributed by atoms with Crippen molar-refractivity contribution in [2.75, 3.05) is 39.3 Å². The summed E-state index contributed by atoms with van der Waals surface area (Å²) in [5, 5.41) is 9.69. The maximum atomic E-state index is 12.6. The van der Waals surface area contributed by atoms with Crippen molar-refractivity contribution >= 4 is 5.91 Å². The van der Waals surface area contributed by atoms with Crippen LogP contribution in [0.1, 0.15) is 35.4 Å². The number of aliphatic hydroxyl groups excluding tert-OH is 1. The lowest BCUT2D eigenvalue weighted by Gasteiger charge is -2.30. The minimum Gasteiger partial charge on any atom is -0.396 e. The topological polar surface area (TPSA) is 69.6 Å². The van der Waals surface area contributed by atoms with E-state index in [2.05, 4.69) is 14.9 Å². The van der Waals surface area contributed by atoms with Gasteiger partial charge in [-0.25, -0.2) is 9.97 Å². The molecule has 0 saturated carbocycles. The molecule has 1 amide bonds. The van der Waals surface area contributed by atoms with Crippen LogP contribution < -0.4 is 0 Å². The maximum absolute atomic E-state index is 12.6. The van der Waals surface area contributed by atoms with Crippen LogP contribution in [-0.4, -0.2) is 70.1 Å². The fraction of sp³-hybridized carbons (Fsp3) is 0.706. The average Bonchev–Trinajstić information content (AvgIpc) is 2.99. The Morgan fingerprint density at radius 2 is 1.83 bits per heavy atom. The SMILES string of the molecule is Cc1ncc(C(=O)N2C[C@@H](CN3CCCCC3)[C@@H](CO)C2)cn1. The standard InChI is InChI=1S/C17H26N4O2/c1-13-18-7-14(8-19-13)17(23)21-10-15(16(11-21)12-22)9-20-5-3-2-4-6-20/h7-8,15-16,22H,2-6,9-12H2,1H3/t15-,16-/m1/s1. The van der Waals surface area contributed by atoms with Gasteiger partial charge >= 0.3 is 0 Å². The van der Waals surface area contributed by atoms with Gasteiger partial charge in [-0.2, -0.15) is 0 Å². The molecule has 126 valence electrons. The second-order valence-electron chi connectivity index (χ2n) is 6.79. The van der Waals surface area contributed by atoms with E-state index in [9.17, 15) is 9.90 Å². The Morgan fingerprint density at radius 1 is 1.17 bits per heavy atom. The Morgan fingerprint density at radius 3 is 2.48 bits per heavy atom. The molecule has 2 saturated heterocycles. The number of hydrogen-bond acceptors (Lipinski definition) is 5. The summed E-state index contributed by atoms with van der Waals surface area (Å²) >= 11 is 0. The van der Waals surface area contributed by atoms with Crippen molar-refractivity contribution in [3.63, 3.8) is 0 Å². The van der Waals surface area contributed by atoms with Crippen molar-refractivity contribution in [1.29, 1.82) is 0 Å². The Bertz CT molecular complexity index is 528. The highest BCUT2D eigenvalue weighted by atomic mass is 16.3. The van der Waals surface area contributed by atoms with Gasteiger partial charge in [-0.1, -0.05) is 6.42 Å². The molecule has 0 unspecified atom stereocenters. The lowest BCUT2D eigenvalue weighted by atomic mass is 9.95. The van der Waals surface area contributed by atoms with Crippen LogP contribution in [0.5, 0.6) is 0 Å². The number of aliphatic hydroxyl groups is 1. The van der Waals surface area contributed by atoms with Gasteiger partial charge in [0, 0.05) is 44.6 Å². The van der Waals surface area contributed by atoms with E-state index in [4.69, 9.17) is 0 Å². The first-order chi connectivity index (χ1) is 11.2. The van der Waals surface area contributed by atoms with Crippen LogP contribution >= 0.6 is 0 Å². The van der Waals surface area contributed by atoms with Gasteiger partial charge in [0.25, 0.3) is 5.91 Å². The molecular formula is C17H26N4O2. The van der Waals surface area contributed by atoms with Gasteiger partial charge in [-0.05, 0) is 38.8 Å². The zero-order valence-corrected chi connectivity index (χ0v) is 13.8. The van der Waals surface area contributed by atoms with E-state index < -0.39 is 0 Å².